The van der Waals surface area contributed by atoms with E-state index in [2.05, 4.69) is 25.9 Å². The number of methoxy groups -OCH3 is 1. The summed E-state index contributed by atoms with van der Waals surface area (Å²) in [4.78, 5) is 8.67. The summed E-state index contributed by atoms with van der Waals surface area (Å²) in [5, 5.41) is 0.521. The first-order valence-corrected chi connectivity index (χ1v) is 6.13. The van der Waals surface area contributed by atoms with Gasteiger partial charge in [0.15, 0.2) is 5.82 Å². The molecule has 2 aromatic rings. The van der Waals surface area contributed by atoms with Gasteiger partial charge in [-0.2, -0.15) is 0 Å². The molecule has 1 aromatic carbocycles. The van der Waals surface area contributed by atoms with Gasteiger partial charge in [-0.25, -0.2) is 9.97 Å². The predicted molar refractivity (Wildman–Crippen MR) is 71.5 cm³/mol. The van der Waals surface area contributed by atoms with Crippen molar-refractivity contribution in [3.8, 4) is 17.1 Å². The van der Waals surface area contributed by atoms with Gasteiger partial charge < -0.3 is 4.74 Å². The second-order valence-electron chi connectivity index (χ2n) is 3.48. The first-order chi connectivity index (χ1) is 8.11. The highest BCUT2D eigenvalue weighted by molar-refractivity contribution is 9.10. The van der Waals surface area contributed by atoms with Crippen LogP contribution in [0.4, 0.5) is 0 Å². The monoisotopic (exact) mass is 312 g/mol. The van der Waals surface area contributed by atoms with Crippen molar-refractivity contribution < 1.29 is 4.74 Å². The van der Waals surface area contributed by atoms with Crippen molar-refractivity contribution in [1.82, 2.24) is 9.97 Å². The molecule has 0 aliphatic rings. The number of ether oxygens (including phenoxy) is 1. The lowest BCUT2D eigenvalue weighted by Crippen LogP contribution is -1.94. The predicted octanol–water partition coefficient (Wildman–Crippen LogP) is 3.88. The largest absolute Gasteiger partial charge is 0.495 e. The van der Waals surface area contributed by atoms with Gasteiger partial charge in [0.1, 0.15) is 10.4 Å². The van der Waals surface area contributed by atoms with Crippen molar-refractivity contribution in [2.45, 2.75) is 6.92 Å². The number of nitrogens with zero attached hydrogens (tertiary/aromatic N) is 2. The zero-order valence-electron chi connectivity index (χ0n) is 9.37. The van der Waals surface area contributed by atoms with E-state index < -0.39 is 0 Å². The minimum absolute atomic E-state index is 0.521. The van der Waals surface area contributed by atoms with E-state index in [0.717, 1.165) is 15.9 Å². The molecule has 0 aliphatic heterocycles. The molecule has 0 amide bonds. The lowest BCUT2D eigenvalue weighted by molar-refractivity contribution is 0.415. The molecule has 1 aromatic heterocycles. The van der Waals surface area contributed by atoms with Gasteiger partial charge in [-0.3, -0.25) is 0 Å². The van der Waals surface area contributed by atoms with Crippen LogP contribution >= 0.6 is 27.5 Å². The van der Waals surface area contributed by atoms with E-state index in [1.54, 1.807) is 13.2 Å². The molecule has 2 rings (SSSR count). The van der Waals surface area contributed by atoms with E-state index >= 15 is 0 Å². The van der Waals surface area contributed by atoms with E-state index in [1.807, 2.05) is 25.1 Å². The third-order valence-corrected chi connectivity index (χ3v) is 3.04. The molecule has 5 heteroatoms. The lowest BCUT2D eigenvalue weighted by Gasteiger charge is -2.08. The fourth-order valence-corrected chi connectivity index (χ4v) is 2.28. The van der Waals surface area contributed by atoms with Crippen LogP contribution in [0.2, 0.25) is 5.02 Å². The summed E-state index contributed by atoms with van der Waals surface area (Å²) >= 11 is 9.57. The Hall–Kier alpha value is -1.13. The van der Waals surface area contributed by atoms with Crippen molar-refractivity contribution in [1.29, 1.82) is 0 Å². The Kier molecular flexibility index (Phi) is 3.64. The van der Waals surface area contributed by atoms with Crippen molar-refractivity contribution in [3.05, 3.63) is 39.6 Å². The van der Waals surface area contributed by atoms with Gasteiger partial charge in [-0.15, -0.1) is 0 Å². The second kappa shape index (κ2) is 5.02. The summed E-state index contributed by atoms with van der Waals surface area (Å²) in [5.41, 5.74) is 1.64. The number of aromatic nitrogens is 2. The van der Waals surface area contributed by atoms with Crippen LogP contribution in [-0.4, -0.2) is 17.1 Å². The molecule has 17 heavy (non-hydrogen) atoms. The Morgan fingerprint density at radius 1 is 1.29 bits per heavy atom. The van der Waals surface area contributed by atoms with Crippen LogP contribution in [0.5, 0.6) is 5.75 Å². The molecule has 0 radical (unpaired) electrons. The van der Waals surface area contributed by atoms with Gasteiger partial charge in [0.25, 0.3) is 0 Å². The van der Waals surface area contributed by atoms with Gasteiger partial charge in [-0.05, 0) is 41.1 Å². The van der Waals surface area contributed by atoms with Crippen molar-refractivity contribution >= 4 is 27.5 Å². The van der Waals surface area contributed by atoms with E-state index in [1.165, 1.54) is 0 Å². The molecule has 0 unspecified atom stereocenters. The molecule has 0 bridgehead atoms. The maximum Gasteiger partial charge on any atom is 0.162 e. The van der Waals surface area contributed by atoms with E-state index in [9.17, 15) is 0 Å². The molecule has 0 spiro atoms. The van der Waals surface area contributed by atoms with Crippen LogP contribution < -0.4 is 4.74 Å². The highest BCUT2D eigenvalue weighted by atomic mass is 79.9. The molecule has 3 nitrogen and oxygen atoms in total. The number of hydrogen-bond acceptors (Lipinski definition) is 3. The average molecular weight is 314 g/mol. The highest BCUT2D eigenvalue weighted by Crippen LogP contribution is 2.33. The van der Waals surface area contributed by atoms with Gasteiger partial charge in [0, 0.05) is 11.3 Å². The zero-order chi connectivity index (χ0) is 12.4. The summed E-state index contributed by atoms with van der Waals surface area (Å²) < 4.78 is 5.90. The Labute approximate surface area is 113 Å². The molecule has 0 fully saturated rings. The number of halogens is 2. The fraction of sp³-hybridized carbons (Fsp3) is 0.167. The summed E-state index contributed by atoms with van der Waals surface area (Å²) in [5.74, 6) is 1.20. The third-order valence-electron chi connectivity index (χ3n) is 2.25. The van der Waals surface area contributed by atoms with E-state index in [4.69, 9.17) is 16.3 Å². The Morgan fingerprint density at radius 2 is 2.06 bits per heavy atom. The lowest BCUT2D eigenvalue weighted by atomic mass is 10.2. The van der Waals surface area contributed by atoms with Crippen LogP contribution in [0.15, 0.2) is 28.9 Å². The van der Waals surface area contributed by atoms with Crippen molar-refractivity contribution in [2.24, 2.45) is 0 Å². The minimum Gasteiger partial charge on any atom is -0.495 e. The normalized spacial score (nSPS) is 10.4. The summed E-state index contributed by atoms with van der Waals surface area (Å²) in [6.07, 6.45) is 0. The van der Waals surface area contributed by atoms with Crippen molar-refractivity contribution in [2.75, 3.05) is 7.11 Å². The number of hydrogen-bond donors (Lipinski definition) is 0. The van der Waals surface area contributed by atoms with Crippen LogP contribution in [0.25, 0.3) is 11.4 Å². The standard InChI is InChI=1S/C12H10BrClN2O/c1-7-6-10(13)16-12(15-7)8-4-3-5-9(17-2)11(8)14/h3-6H,1-2H3. The van der Waals surface area contributed by atoms with Crippen LogP contribution in [-0.2, 0) is 0 Å². The SMILES string of the molecule is COc1cccc(-c2nc(C)cc(Br)n2)c1Cl. The van der Waals surface area contributed by atoms with Gasteiger partial charge in [0.2, 0.25) is 0 Å². The first-order valence-electron chi connectivity index (χ1n) is 4.96. The maximum absolute atomic E-state index is 6.23. The zero-order valence-corrected chi connectivity index (χ0v) is 11.7. The van der Waals surface area contributed by atoms with Gasteiger partial charge >= 0.3 is 0 Å². The summed E-state index contributed by atoms with van der Waals surface area (Å²) in [6, 6.07) is 7.37. The third kappa shape index (κ3) is 2.58. The van der Waals surface area contributed by atoms with Crippen LogP contribution in [0.1, 0.15) is 5.69 Å². The van der Waals surface area contributed by atoms with Gasteiger partial charge in [0.05, 0.1) is 12.1 Å². The summed E-state index contributed by atoms with van der Waals surface area (Å²) in [7, 11) is 1.58. The Morgan fingerprint density at radius 3 is 2.71 bits per heavy atom. The highest BCUT2D eigenvalue weighted by Gasteiger charge is 2.11. The molecular formula is C12H10BrClN2O. The molecule has 0 saturated carbocycles. The number of aryl methyl sites for hydroxylation is 1. The van der Waals surface area contributed by atoms with E-state index in [0.29, 0.717) is 16.6 Å². The number of rotatable bonds is 2. The minimum atomic E-state index is 0.521. The Bertz CT molecular complexity index is 540. The summed E-state index contributed by atoms with van der Waals surface area (Å²) in [6.45, 7) is 1.91. The quantitative estimate of drug-likeness (QED) is 0.789. The smallest absolute Gasteiger partial charge is 0.162 e. The molecule has 1 heterocycles. The topological polar surface area (TPSA) is 35.0 Å². The van der Waals surface area contributed by atoms with Crippen LogP contribution in [0.3, 0.4) is 0 Å². The number of benzene rings is 1. The average Bonchev–Trinajstić information content (AvgIpc) is 2.28. The molecule has 0 atom stereocenters. The molecule has 0 N–H and O–H groups in total. The Balaban J connectivity index is 2.60. The van der Waals surface area contributed by atoms with Crippen LogP contribution in [0, 0.1) is 6.92 Å². The molecule has 0 saturated heterocycles. The second-order valence-corrected chi connectivity index (χ2v) is 4.67. The first kappa shape index (κ1) is 12.3. The molecular weight excluding hydrogens is 304 g/mol. The van der Waals surface area contributed by atoms with Gasteiger partial charge in [-0.1, -0.05) is 17.7 Å². The maximum atomic E-state index is 6.23. The molecule has 0 aliphatic carbocycles. The van der Waals surface area contributed by atoms with E-state index in [-0.39, 0.29) is 0 Å². The van der Waals surface area contributed by atoms with Crippen molar-refractivity contribution in [3.63, 3.8) is 0 Å². The molecule has 88 valence electrons. The fourth-order valence-electron chi connectivity index (χ4n) is 1.49.